The fourth-order valence-electron chi connectivity index (χ4n) is 3.64. The van der Waals surface area contributed by atoms with Gasteiger partial charge in [0.25, 0.3) is 5.69 Å². The van der Waals surface area contributed by atoms with Crippen LogP contribution < -0.4 is 0 Å². The standard InChI is InChI=1S/C25H17N3O4/c26-14-20(18-6-4-8-22(13-18)28(31)32)12-21-16-27(24-10-2-1-9-23(21)24)15-17-5-3-7-19(11-17)25(29)30/h1-13,16H,15H2,(H,29,30)/b20-12-. The highest BCUT2D eigenvalue weighted by Gasteiger charge is 2.12. The third-order valence-corrected chi connectivity index (χ3v) is 5.13. The summed E-state index contributed by atoms with van der Waals surface area (Å²) in [5.74, 6) is -0.983. The molecule has 4 rings (SSSR count). The van der Waals surface area contributed by atoms with Crippen molar-refractivity contribution >= 4 is 34.2 Å². The van der Waals surface area contributed by atoms with Gasteiger partial charge in [0.15, 0.2) is 0 Å². The minimum Gasteiger partial charge on any atom is -0.478 e. The normalized spacial score (nSPS) is 11.3. The van der Waals surface area contributed by atoms with Crippen molar-refractivity contribution in [1.29, 1.82) is 5.26 Å². The van der Waals surface area contributed by atoms with Gasteiger partial charge in [0.1, 0.15) is 0 Å². The third kappa shape index (κ3) is 4.11. The number of para-hydroxylation sites is 1. The van der Waals surface area contributed by atoms with E-state index in [-0.39, 0.29) is 11.3 Å². The summed E-state index contributed by atoms with van der Waals surface area (Å²) in [6.07, 6.45) is 3.61. The van der Waals surface area contributed by atoms with Crippen LogP contribution >= 0.6 is 0 Å². The molecule has 1 heterocycles. The number of carboxylic acids is 1. The van der Waals surface area contributed by atoms with Crippen LogP contribution in [0.3, 0.4) is 0 Å². The maximum Gasteiger partial charge on any atom is 0.335 e. The second-order valence-electron chi connectivity index (χ2n) is 7.21. The van der Waals surface area contributed by atoms with Crippen LogP contribution in [0.2, 0.25) is 0 Å². The Morgan fingerprint density at radius 1 is 1.06 bits per heavy atom. The molecule has 0 unspecified atom stereocenters. The minimum atomic E-state index is -0.983. The topological polar surface area (TPSA) is 109 Å². The zero-order valence-corrected chi connectivity index (χ0v) is 16.8. The number of nitro benzene ring substituents is 1. The first kappa shape index (κ1) is 20.6. The molecule has 7 nitrogen and oxygen atoms in total. The van der Waals surface area contributed by atoms with E-state index in [4.69, 9.17) is 0 Å². The van der Waals surface area contributed by atoms with Crippen molar-refractivity contribution in [2.45, 2.75) is 6.54 Å². The summed E-state index contributed by atoms with van der Waals surface area (Å²) in [5.41, 5.74) is 3.47. The van der Waals surface area contributed by atoms with Gasteiger partial charge in [-0.2, -0.15) is 5.26 Å². The minimum absolute atomic E-state index is 0.0793. The van der Waals surface area contributed by atoms with E-state index in [0.717, 1.165) is 22.0 Å². The Bertz CT molecular complexity index is 1430. The van der Waals surface area contributed by atoms with Crippen LogP contribution in [0.25, 0.3) is 22.6 Å². The number of benzene rings is 3. The average molecular weight is 423 g/mol. The van der Waals surface area contributed by atoms with Crippen molar-refractivity contribution < 1.29 is 14.8 Å². The lowest BCUT2D eigenvalue weighted by Crippen LogP contribution is -2.01. The van der Waals surface area contributed by atoms with Gasteiger partial charge in [-0.1, -0.05) is 42.5 Å². The number of nitriles is 1. The Morgan fingerprint density at radius 3 is 2.56 bits per heavy atom. The van der Waals surface area contributed by atoms with Gasteiger partial charge in [-0.05, 0) is 35.4 Å². The first-order valence-electron chi connectivity index (χ1n) is 9.73. The molecule has 0 saturated heterocycles. The number of aromatic carboxylic acids is 1. The van der Waals surface area contributed by atoms with Crippen molar-refractivity contribution in [2.24, 2.45) is 0 Å². The van der Waals surface area contributed by atoms with Crippen molar-refractivity contribution in [3.63, 3.8) is 0 Å². The molecule has 0 aliphatic carbocycles. The van der Waals surface area contributed by atoms with E-state index in [0.29, 0.717) is 17.7 Å². The molecule has 32 heavy (non-hydrogen) atoms. The van der Waals surface area contributed by atoms with E-state index in [2.05, 4.69) is 6.07 Å². The Morgan fingerprint density at radius 2 is 1.81 bits per heavy atom. The van der Waals surface area contributed by atoms with Crippen LogP contribution in [-0.4, -0.2) is 20.6 Å². The Hall–Kier alpha value is -4.70. The first-order valence-corrected chi connectivity index (χ1v) is 9.73. The SMILES string of the molecule is N#C/C(=C/c1cn(Cc2cccc(C(=O)O)c2)c2ccccc12)c1cccc([N+](=O)[O-])c1. The van der Waals surface area contributed by atoms with E-state index in [9.17, 15) is 25.3 Å². The fraction of sp³-hybridized carbons (Fsp3) is 0.0400. The van der Waals surface area contributed by atoms with Gasteiger partial charge >= 0.3 is 5.97 Å². The zero-order chi connectivity index (χ0) is 22.7. The number of fused-ring (bicyclic) bond motifs is 1. The van der Waals surface area contributed by atoms with E-state index in [1.54, 1.807) is 36.4 Å². The molecule has 0 aliphatic heterocycles. The number of nitro groups is 1. The number of hydrogen-bond acceptors (Lipinski definition) is 4. The smallest absolute Gasteiger partial charge is 0.335 e. The lowest BCUT2D eigenvalue weighted by molar-refractivity contribution is -0.384. The molecule has 0 atom stereocenters. The summed E-state index contributed by atoms with van der Waals surface area (Å²) < 4.78 is 1.99. The Kier molecular flexibility index (Phi) is 5.51. The van der Waals surface area contributed by atoms with Crippen LogP contribution in [0, 0.1) is 21.4 Å². The average Bonchev–Trinajstić information content (AvgIpc) is 3.14. The van der Waals surface area contributed by atoms with Gasteiger partial charge in [-0.25, -0.2) is 4.79 Å². The van der Waals surface area contributed by atoms with Gasteiger partial charge < -0.3 is 9.67 Å². The molecule has 0 fully saturated rings. The highest BCUT2D eigenvalue weighted by Crippen LogP contribution is 2.28. The lowest BCUT2D eigenvalue weighted by Gasteiger charge is -2.06. The molecule has 1 N–H and O–H groups in total. The van der Waals surface area contributed by atoms with Crippen LogP contribution in [-0.2, 0) is 6.54 Å². The van der Waals surface area contributed by atoms with Gasteiger partial charge in [0, 0.05) is 41.3 Å². The number of carbonyl (C=O) groups is 1. The molecule has 0 radical (unpaired) electrons. The quantitative estimate of drug-likeness (QED) is 0.255. The predicted octanol–water partition coefficient (Wildman–Crippen LogP) is 5.36. The molecule has 0 amide bonds. The maximum atomic E-state index is 11.3. The number of allylic oxidation sites excluding steroid dienone is 1. The van der Waals surface area contributed by atoms with Gasteiger partial charge in [-0.3, -0.25) is 10.1 Å². The maximum absolute atomic E-state index is 11.3. The summed E-state index contributed by atoms with van der Waals surface area (Å²) in [5, 5.41) is 31.0. The summed E-state index contributed by atoms with van der Waals surface area (Å²) in [6, 6.07) is 22.6. The zero-order valence-electron chi connectivity index (χ0n) is 16.8. The molecule has 156 valence electrons. The Balaban J connectivity index is 1.78. The number of rotatable bonds is 6. The second-order valence-corrected chi connectivity index (χ2v) is 7.21. The number of non-ortho nitro benzene ring substituents is 1. The van der Waals surface area contributed by atoms with Crippen LogP contribution in [0.1, 0.15) is 27.0 Å². The van der Waals surface area contributed by atoms with Crippen LogP contribution in [0.5, 0.6) is 0 Å². The molecule has 0 bridgehead atoms. The molecule has 0 saturated carbocycles. The summed E-state index contributed by atoms with van der Waals surface area (Å²) in [7, 11) is 0. The number of hydrogen-bond donors (Lipinski definition) is 1. The largest absolute Gasteiger partial charge is 0.478 e. The van der Waals surface area contributed by atoms with E-state index in [1.807, 2.05) is 41.1 Å². The molecule has 7 heteroatoms. The highest BCUT2D eigenvalue weighted by atomic mass is 16.6. The summed E-state index contributed by atoms with van der Waals surface area (Å²) in [6.45, 7) is 0.453. The molecule has 0 aliphatic rings. The fourth-order valence-corrected chi connectivity index (χ4v) is 3.64. The van der Waals surface area contributed by atoms with Crippen molar-refractivity contribution in [3.05, 3.63) is 111 Å². The van der Waals surface area contributed by atoms with Crippen molar-refractivity contribution in [3.8, 4) is 6.07 Å². The predicted molar refractivity (Wildman–Crippen MR) is 121 cm³/mol. The number of aromatic nitrogens is 1. The van der Waals surface area contributed by atoms with Crippen molar-refractivity contribution in [1.82, 2.24) is 4.57 Å². The van der Waals surface area contributed by atoms with Gasteiger partial charge in [0.2, 0.25) is 0 Å². The molecular formula is C25H17N3O4. The number of nitrogens with zero attached hydrogens (tertiary/aromatic N) is 3. The lowest BCUT2D eigenvalue weighted by atomic mass is 10.0. The molecule has 1 aromatic heterocycles. The van der Waals surface area contributed by atoms with E-state index >= 15 is 0 Å². The number of carboxylic acid groups (broad SMARTS) is 1. The summed E-state index contributed by atoms with van der Waals surface area (Å²) in [4.78, 5) is 21.9. The van der Waals surface area contributed by atoms with Crippen LogP contribution in [0.4, 0.5) is 5.69 Å². The summed E-state index contributed by atoms with van der Waals surface area (Å²) >= 11 is 0. The molecular weight excluding hydrogens is 406 g/mol. The molecule has 4 aromatic rings. The van der Waals surface area contributed by atoms with Gasteiger partial charge in [0.05, 0.1) is 22.1 Å². The molecule has 0 spiro atoms. The monoisotopic (exact) mass is 423 g/mol. The van der Waals surface area contributed by atoms with E-state index < -0.39 is 10.9 Å². The van der Waals surface area contributed by atoms with Crippen LogP contribution in [0.15, 0.2) is 79.0 Å². The highest BCUT2D eigenvalue weighted by molar-refractivity contribution is 5.98. The first-order chi connectivity index (χ1) is 15.5. The van der Waals surface area contributed by atoms with Gasteiger partial charge in [-0.15, -0.1) is 0 Å². The van der Waals surface area contributed by atoms with E-state index in [1.165, 1.54) is 12.1 Å². The third-order valence-electron chi connectivity index (χ3n) is 5.13. The van der Waals surface area contributed by atoms with Crippen molar-refractivity contribution in [2.75, 3.05) is 0 Å². The molecule has 3 aromatic carbocycles. The second kappa shape index (κ2) is 8.58. The Labute approximate surface area is 183 Å².